The predicted octanol–water partition coefficient (Wildman–Crippen LogP) is 0.635. The number of aliphatic hydroxyl groups is 2. The molecule has 244 valence electrons. The molecule has 2 atom stereocenters. The van der Waals surface area contributed by atoms with Gasteiger partial charge in [0.05, 0.1) is 32.0 Å². The largest absolute Gasteiger partial charge is 2.00 e. The van der Waals surface area contributed by atoms with E-state index in [1.807, 2.05) is 18.2 Å². The molecule has 0 saturated carbocycles. The molecule has 0 heterocycles. The van der Waals surface area contributed by atoms with Gasteiger partial charge in [-0.25, -0.2) is 0 Å². The fourth-order valence-electron chi connectivity index (χ4n) is 3.48. The zero-order chi connectivity index (χ0) is 32.2. The van der Waals surface area contributed by atoms with Crippen LogP contribution in [0.4, 0.5) is 0 Å². The third-order valence-corrected chi connectivity index (χ3v) is 5.57. The Morgan fingerprint density at radius 1 is 0.791 bits per heavy atom. The molecule has 2 unspecified atom stereocenters. The Morgan fingerprint density at radius 2 is 1.28 bits per heavy atom. The van der Waals surface area contributed by atoms with Crippen molar-refractivity contribution >= 4 is 61.5 Å². The topological polar surface area (TPSA) is 189 Å². The van der Waals surface area contributed by atoms with E-state index in [1.54, 1.807) is 23.6 Å². The van der Waals surface area contributed by atoms with Crippen LogP contribution in [0, 0.1) is 0 Å². The Bertz CT molecular complexity index is 807. The van der Waals surface area contributed by atoms with Gasteiger partial charge in [0.25, 0.3) is 0 Å². The number of nitrogens with zero attached hydrogens (tertiary/aromatic N) is 3. The summed E-state index contributed by atoms with van der Waals surface area (Å²) in [6, 6.07) is 0. The molecule has 0 fully saturated rings. The molecule has 0 aliphatic heterocycles. The van der Waals surface area contributed by atoms with E-state index in [-0.39, 0.29) is 88.8 Å². The van der Waals surface area contributed by atoms with Crippen molar-refractivity contribution < 1.29 is 39.9 Å². The summed E-state index contributed by atoms with van der Waals surface area (Å²) in [5.74, 6) is -2.32. The van der Waals surface area contributed by atoms with Gasteiger partial charge in [0.1, 0.15) is 0 Å². The van der Waals surface area contributed by atoms with Crippen molar-refractivity contribution in [3.05, 3.63) is 24.3 Å². The second kappa shape index (κ2) is 31.9. The minimum atomic E-state index is -1.15. The standard InChI is InChI=1S/2C15H28N2O4.Ca/c2*1-3-4-5-6-7-8-14(19)16-12-17(11-13(2)18)10-9-15(20)21;/h2*5-6,13,18H,3-4,7-12H2,1-2H3,(H,16,19)(H,20,21);/q;;+2/p-2/b2*6-5-;. The van der Waals surface area contributed by atoms with E-state index in [2.05, 4.69) is 30.2 Å². The number of nitrogens with one attached hydrogen (secondary N) is 1. The zero-order valence-electron chi connectivity index (χ0n) is 26.7. The molecule has 1 amide bonds. The number of allylic oxidation sites excluding steroid dienone is 4. The van der Waals surface area contributed by atoms with Crippen molar-refractivity contribution in [2.75, 3.05) is 39.5 Å². The molecule has 13 heteroatoms. The number of unbranched alkanes of at least 4 members (excludes halogenated alkanes) is 2. The third kappa shape index (κ3) is 36.6. The van der Waals surface area contributed by atoms with Crippen LogP contribution in [-0.2, 0) is 14.4 Å². The summed E-state index contributed by atoms with van der Waals surface area (Å²) in [4.78, 5) is 39.9. The summed E-state index contributed by atoms with van der Waals surface area (Å²) in [6.07, 6.45) is 13.1. The van der Waals surface area contributed by atoms with Crippen molar-refractivity contribution in [2.24, 2.45) is 4.99 Å². The predicted molar refractivity (Wildman–Crippen MR) is 166 cm³/mol. The van der Waals surface area contributed by atoms with Gasteiger partial charge in [0.15, 0.2) is 0 Å². The first kappa shape index (κ1) is 45.9. The molecule has 0 saturated heterocycles. The van der Waals surface area contributed by atoms with E-state index in [0.29, 0.717) is 38.8 Å². The van der Waals surface area contributed by atoms with Crippen LogP contribution in [-0.4, -0.2) is 138 Å². The minimum Gasteiger partial charge on any atom is -0.862 e. The summed E-state index contributed by atoms with van der Waals surface area (Å²) >= 11 is 0. The number of aliphatic imine (C=N–C) groups is 1. The number of amides is 1. The molecule has 0 aromatic heterocycles. The van der Waals surface area contributed by atoms with Crippen LogP contribution in [0.1, 0.15) is 91.9 Å². The molecule has 0 radical (unpaired) electrons. The van der Waals surface area contributed by atoms with Gasteiger partial charge in [-0.2, -0.15) is 0 Å². The summed E-state index contributed by atoms with van der Waals surface area (Å²) < 4.78 is 0. The van der Waals surface area contributed by atoms with Crippen molar-refractivity contribution in [2.45, 2.75) is 104 Å². The molecule has 43 heavy (non-hydrogen) atoms. The number of rotatable bonds is 24. The SMILES string of the molecule is CCC/C=C\CCC(=O)NCN(CCC(=O)O)CC(C)O.CCC/C=C\CCC([O-])=NCN(CCC(=O)[O-])CC(C)O.[Ca+2]. The molecule has 0 aliphatic rings. The smallest absolute Gasteiger partial charge is 0.862 e. The molecule has 0 rings (SSSR count). The summed E-state index contributed by atoms with van der Waals surface area (Å²) in [6.45, 7) is 8.92. The minimum absolute atomic E-state index is 0. The molecule has 0 bridgehead atoms. The quantitative estimate of drug-likeness (QED) is 0.0384. The number of aliphatic hydroxyl groups excluding tert-OH is 2. The van der Waals surface area contributed by atoms with Gasteiger partial charge in [0.2, 0.25) is 5.91 Å². The van der Waals surface area contributed by atoms with Gasteiger partial charge in [-0.05, 0) is 58.3 Å². The zero-order valence-corrected chi connectivity index (χ0v) is 28.9. The van der Waals surface area contributed by atoms with E-state index in [9.17, 15) is 34.8 Å². The maximum absolute atomic E-state index is 11.7. The third-order valence-electron chi connectivity index (χ3n) is 5.57. The van der Waals surface area contributed by atoms with Crippen LogP contribution in [0.25, 0.3) is 0 Å². The molecular weight excluding hydrogens is 584 g/mol. The number of carbonyl (C=O) groups is 3. The summed E-state index contributed by atoms with van der Waals surface area (Å²) in [5, 5.41) is 52.2. The average Bonchev–Trinajstić information content (AvgIpc) is 2.91. The van der Waals surface area contributed by atoms with Gasteiger partial charge < -0.3 is 35.6 Å². The normalized spacial score (nSPS) is 13.1. The fraction of sp³-hybridized carbons (Fsp3) is 0.733. The molecule has 0 aliphatic carbocycles. The van der Waals surface area contributed by atoms with Gasteiger partial charge in [-0.1, -0.05) is 51.0 Å². The van der Waals surface area contributed by atoms with Crippen molar-refractivity contribution in [1.29, 1.82) is 0 Å². The Balaban J connectivity index is -0.000000727. The van der Waals surface area contributed by atoms with Crippen LogP contribution in [0.3, 0.4) is 0 Å². The molecule has 0 spiro atoms. The first-order valence-corrected chi connectivity index (χ1v) is 14.9. The average molecular weight is 639 g/mol. The number of aliphatic carboxylic acids is 2. The van der Waals surface area contributed by atoms with Crippen LogP contribution in [0.2, 0.25) is 0 Å². The Morgan fingerprint density at radius 3 is 1.77 bits per heavy atom. The van der Waals surface area contributed by atoms with E-state index in [1.165, 1.54) is 0 Å². The van der Waals surface area contributed by atoms with Gasteiger partial charge in [-0.3, -0.25) is 24.4 Å². The molecule has 12 nitrogen and oxygen atoms in total. The number of hydrogen-bond acceptors (Lipinski definition) is 10. The van der Waals surface area contributed by atoms with Crippen molar-refractivity contribution in [1.82, 2.24) is 15.1 Å². The van der Waals surface area contributed by atoms with Crippen LogP contribution >= 0.6 is 0 Å². The molecule has 0 aromatic carbocycles. The van der Waals surface area contributed by atoms with E-state index >= 15 is 0 Å². The van der Waals surface area contributed by atoms with Crippen LogP contribution in [0.15, 0.2) is 29.3 Å². The number of carbonyl (C=O) groups excluding carboxylic acids is 2. The Hall–Kier alpha value is -1.54. The van der Waals surface area contributed by atoms with E-state index in [4.69, 9.17) is 5.11 Å². The van der Waals surface area contributed by atoms with Gasteiger partial charge >= 0.3 is 43.7 Å². The monoisotopic (exact) mass is 638 g/mol. The fourth-order valence-corrected chi connectivity index (χ4v) is 3.48. The van der Waals surface area contributed by atoms with Crippen molar-refractivity contribution in [3.63, 3.8) is 0 Å². The summed E-state index contributed by atoms with van der Waals surface area (Å²) in [7, 11) is 0. The molecule has 0 aromatic rings. The summed E-state index contributed by atoms with van der Waals surface area (Å²) in [5.41, 5.74) is 0. The first-order chi connectivity index (χ1) is 19.9. The van der Waals surface area contributed by atoms with E-state index < -0.39 is 24.1 Å². The second-order valence-corrected chi connectivity index (χ2v) is 10.2. The number of carboxylic acids is 2. The van der Waals surface area contributed by atoms with Crippen LogP contribution in [0.5, 0.6) is 0 Å². The number of carboxylic acid groups (broad SMARTS) is 2. The first-order valence-electron chi connectivity index (χ1n) is 14.9. The van der Waals surface area contributed by atoms with Crippen molar-refractivity contribution in [3.8, 4) is 0 Å². The van der Waals surface area contributed by atoms with Crippen LogP contribution < -0.4 is 15.5 Å². The maximum Gasteiger partial charge on any atom is 2.00 e. The molecule has 4 N–H and O–H groups in total. The Kier molecular flexibility index (Phi) is 34.0. The molecular formula is C30H54CaN4O8. The van der Waals surface area contributed by atoms with Gasteiger partial charge in [-0.15, -0.1) is 0 Å². The van der Waals surface area contributed by atoms with E-state index in [0.717, 1.165) is 25.7 Å². The Labute approximate surface area is 287 Å². The van der Waals surface area contributed by atoms with Gasteiger partial charge in [0, 0.05) is 38.6 Å². The number of hydrogen-bond donors (Lipinski definition) is 4. The second-order valence-electron chi connectivity index (χ2n) is 10.2. The maximum atomic E-state index is 11.7.